The Balaban J connectivity index is 1.85. The van der Waals surface area contributed by atoms with E-state index in [1.165, 1.54) is 25.3 Å². The van der Waals surface area contributed by atoms with Crippen molar-refractivity contribution in [3.05, 3.63) is 28.8 Å². The van der Waals surface area contributed by atoms with Crippen LogP contribution < -0.4 is 10.1 Å². The van der Waals surface area contributed by atoms with E-state index in [1.807, 2.05) is 0 Å². The number of nitrogens with zero attached hydrogens (tertiary/aromatic N) is 1. The maximum absolute atomic E-state index is 12.5. The lowest BCUT2D eigenvalue weighted by molar-refractivity contribution is -0.274. The van der Waals surface area contributed by atoms with Crippen molar-refractivity contribution in [2.45, 2.75) is 44.5 Å². The normalized spacial score (nSPS) is 21.9. The maximum Gasteiger partial charge on any atom is 0.573 e. The highest BCUT2D eigenvalue weighted by atomic mass is 35.5. The topological polar surface area (TPSA) is 24.5 Å². The molecule has 1 N–H and O–H groups in total. The van der Waals surface area contributed by atoms with Gasteiger partial charge in [0.05, 0.1) is 5.02 Å². The fourth-order valence-corrected chi connectivity index (χ4v) is 4.33. The Labute approximate surface area is 151 Å². The lowest BCUT2D eigenvalue weighted by Crippen LogP contribution is -2.47. The minimum atomic E-state index is -4.73. The summed E-state index contributed by atoms with van der Waals surface area (Å²) in [6.07, 6.45) is 1.29. The van der Waals surface area contributed by atoms with Crippen molar-refractivity contribution < 1.29 is 17.9 Å². The van der Waals surface area contributed by atoms with Crippen LogP contribution in [0.2, 0.25) is 5.02 Å². The quantitative estimate of drug-likeness (QED) is 0.819. The molecule has 1 aliphatic heterocycles. The molecule has 0 unspecified atom stereocenters. The van der Waals surface area contributed by atoms with Crippen molar-refractivity contribution in [3.8, 4) is 5.75 Å². The molecule has 1 saturated heterocycles. The second kappa shape index (κ2) is 8.14. The summed E-state index contributed by atoms with van der Waals surface area (Å²) in [5, 5.41) is 3.38. The SMILES string of the molecule is FC(F)(F)Oc1ccc([C@@H](C2CCCCC2)N2CCNCC2)cc1Cl. The van der Waals surface area contributed by atoms with Crippen LogP contribution in [0, 0.1) is 5.92 Å². The fraction of sp³-hybridized carbons (Fsp3) is 0.667. The molecule has 25 heavy (non-hydrogen) atoms. The summed E-state index contributed by atoms with van der Waals surface area (Å²) in [6.45, 7) is 3.76. The van der Waals surface area contributed by atoms with Crippen LogP contribution in [0.4, 0.5) is 13.2 Å². The Kier molecular flexibility index (Phi) is 6.12. The monoisotopic (exact) mass is 376 g/mol. The molecule has 0 aromatic heterocycles. The zero-order valence-corrected chi connectivity index (χ0v) is 14.9. The molecule has 1 aromatic carbocycles. The lowest BCUT2D eigenvalue weighted by atomic mass is 9.80. The molecule has 0 spiro atoms. The second-order valence-corrected chi connectivity index (χ2v) is 7.27. The highest BCUT2D eigenvalue weighted by Gasteiger charge is 2.34. The molecule has 1 saturated carbocycles. The third-order valence-electron chi connectivity index (χ3n) is 5.16. The van der Waals surface area contributed by atoms with Gasteiger partial charge in [0.1, 0.15) is 5.75 Å². The van der Waals surface area contributed by atoms with Gasteiger partial charge in [-0.05, 0) is 36.5 Å². The number of ether oxygens (including phenoxy) is 1. The molecule has 0 amide bonds. The van der Waals surface area contributed by atoms with E-state index in [4.69, 9.17) is 11.6 Å². The Hall–Kier alpha value is -0.980. The van der Waals surface area contributed by atoms with Gasteiger partial charge in [-0.1, -0.05) is 36.9 Å². The summed E-state index contributed by atoms with van der Waals surface area (Å²) in [5.74, 6) is 0.193. The van der Waals surface area contributed by atoms with Crippen LogP contribution in [0.1, 0.15) is 43.7 Å². The molecule has 1 heterocycles. The first-order valence-corrected chi connectivity index (χ1v) is 9.32. The van der Waals surface area contributed by atoms with Crippen molar-refractivity contribution in [1.82, 2.24) is 10.2 Å². The predicted octanol–water partition coefficient (Wildman–Crippen LogP) is 4.77. The third-order valence-corrected chi connectivity index (χ3v) is 5.46. The van der Waals surface area contributed by atoms with Gasteiger partial charge in [0.2, 0.25) is 0 Å². The molecule has 3 nitrogen and oxygen atoms in total. The maximum atomic E-state index is 12.5. The van der Waals surface area contributed by atoms with Crippen LogP contribution in [0.15, 0.2) is 18.2 Å². The first kappa shape index (κ1) is 18.8. The number of piperazine rings is 1. The van der Waals surface area contributed by atoms with Crippen LogP contribution in [0.3, 0.4) is 0 Å². The van der Waals surface area contributed by atoms with Gasteiger partial charge >= 0.3 is 6.36 Å². The van der Waals surface area contributed by atoms with Gasteiger partial charge in [-0.25, -0.2) is 0 Å². The van der Waals surface area contributed by atoms with Gasteiger partial charge in [-0.15, -0.1) is 13.2 Å². The second-order valence-electron chi connectivity index (χ2n) is 6.87. The Bertz CT molecular complexity index is 552. The molecular weight excluding hydrogens is 353 g/mol. The van der Waals surface area contributed by atoms with Gasteiger partial charge < -0.3 is 10.1 Å². The number of rotatable bonds is 4. The number of benzene rings is 1. The van der Waals surface area contributed by atoms with Crippen molar-refractivity contribution in [2.24, 2.45) is 5.92 Å². The Morgan fingerprint density at radius 2 is 1.80 bits per heavy atom. The number of hydrogen-bond donors (Lipinski definition) is 1. The fourth-order valence-electron chi connectivity index (χ4n) is 4.10. The molecule has 0 radical (unpaired) electrons. The molecule has 2 aliphatic rings. The summed E-state index contributed by atoms with van der Waals surface area (Å²) in [5.41, 5.74) is 0.994. The largest absolute Gasteiger partial charge is 0.573 e. The first-order valence-electron chi connectivity index (χ1n) is 8.94. The van der Waals surface area contributed by atoms with Crippen LogP contribution in [-0.4, -0.2) is 37.4 Å². The van der Waals surface area contributed by atoms with Crippen LogP contribution in [0.25, 0.3) is 0 Å². The summed E-state index contributed by atoms with van der Waals surface area (Å²) in [4.78, 5) is 2.45. The molecule has 0 bridgehead atoms. The average molecular weight is 377 g/mol. The molecule has 1 aliphatic carbocycles. The van der Waals surface area contributed by atoms with Gasteiger partial charge in [0.15, 0.2) is 0 Å². The summed E-state index contributed by atoms with van der Waals surface area (Å²) in [6, 6.07) is 4.96. The van der Waals surface area contributed by atoms with E-state index in [-0.39, 0.29) is 16.8 Å². The van der Waals surface area contributed by atoms with Crippen molar-refractivity contribution in [2.75, 3.05) is 26.2 Å². The van der Waals surface area contributed by atoms with E-state index < -0.39 is 6.36 Å². The summed E-state index contributed by atoms with van der Waals surface area (Å²) < 4.78 is 41.4. The highest BCUT2D eigenvalue weighted by Crippen LogP contribution is 2.41. The van der Waals surface area contributed by atoms with E-state index in [2.05, 4.69) is 15.0 Å². The van der Waals surface area contributed by atoms with E-state index in [1.54, 1.807) is 12.1 Å². The highest BCUT2D eigenvalue weighted by molar-refractivity contribution is 6.32. The first-order chi connectivity index (χ1) is 11.9. The van der Waals surface area contributed by atoms with Crippen LogP contribution in [-0.2, 0) is 0 Å². The van der Waals surface area contributed by atoms with Gasteiger partial charge in [0.25, 0.3) is 0 Å². The number of halogens is 4. The molecule has 1 aromatic rings. The molecule has 2 fully saturated rings. The van der Waals surface area contributed by atoms with Gasteiger partial charge in [-0.3, -0.25) is 4.90 Å². The van der Waals surface area contributed by atoms with E-state index in [0.717, 1.165) is 44.6 Å². The lowest BCUT2D eigenvalue weighted by Gasteiger charge is -2.41. The average Bonchev–Trinajstić information content (AvgIpc) is 2.58. The van der Waals surface area contributed by atoms with Crippen LogP contribution in [0.5, 0.6) is 5.75 Å². The molecule has 7 heteroatoms. The number of hydrogen-bond acceptors (Lipinski definition) is 3. The number of alkyl halides is 3. The zero-order chi connectivity index (χ0) is 17.9. The smallest absolute Gasteiger partial charge is 0.404 e. The summed E-state index contributed by atoms with van der Waals surface area (Å²) >= 11 is 6.10. The third kappa shape index (κ3) is 5.02. The number of nitrogens with one attached hydrogen (secondary N) is 1. The van der Waals surface area contributed by atoms with E-state index >= 15 is 0 Å². The minimum Gasteiger partial charge on any atom is -0.404 e. The van der Waals surface area contributed by atoms with E-state index in [0.29, 0.717) is 5.92 Å². The van der Waals surface area contributed by atoms with E-state index in [9.17, 15) is 13.2 Å². The van der Waals surface area contributed by atoms with Crippen molar-refractivity contribution >= 4 is 11.6 Å². The van der Waals surface area contributed by atoms with Gasteiger partial charge in [-0.2, -0.15) is 0 Å². The molecule has 1 atom stereocenters. The molecule has 140 valence electrons. The van der Waals surface area contributed by atoms with Crippen molar-refractivity contribution in [3.63, 3.8) is 0 Å². The summed E-state index contributed by atoms with van der Waals surface area (Å²) in [7, 11) is 0. The van der Waals surface area contributed by atoms with Crippen molar-refractivity contribution in [1.29, 1.82) is 0 Å². The predicted molar refractivity (Wildman–Crippen MR) is 91.9 cm³/mol. The minimum absolute atomic E-state index is 0.0192. The Morgan fingerprint density at radius 3 is 2.40 bits per heavy atom. The van der Waals surface area contributed by atoms with Crippen LogP contribution >= 0.6 is 11.6 Å². The Morgan fingerprint density at radius 1 is 1.12 bits per heavy atom. The molecular formula is C18H24ClF3N2O. The zero-order valence-electron chi connectivity index (χ0n) is 14.1. The standard InChI is InChI=1S/C18H24ClF3N2O/c19-15-12-14(6-7-16(15)25-18(20,21)22)17(13-4-2-1-3-5-13)24-10-8-23-9-11-24/h6-7,12-13,17,23H,1-5,8-11H2/t17-/m1/s1. The van der Waals surface area contributed by atoms with Gasteiger partial charge in [0, 0.05) is 32.2 Å². The molecule has 3 rings (SSSR count).